The summed E-state index contributed by atoms with van der Waals surface area (Å²) in [6, 6.07) is 15.3. The van der Waals surface area contributed by atoms with Crippen LogP contribution in [0.5, 0.6) is 0 Å². The monoisotopic (exact) mass is 387 g/mol. The molecule has 8 heteroatoms. The molecular weight excluding hydrogens is 370 g/mol. The number of aromatic nitrogens is 3. The fourth-order valence-electron chi connectivity index (χ4n) is 2.48. The van der Waals surface area contributed by atoms with Crippen molar-refractivity contribution in [3.05, 3.63) is 77.9 Å². The summed E-state index contributed by atoms with van der Waals surface area (Å²) in [6.45, 7) is 2.01. The third-order valence-electron chi connectivity index (χ3n) is 3.91. The van der Waals surface area contributed by atoms with Gasteiger partial charge in [-0.2, -0.15) is 10.4 Å². The van der Waals surface area contributed by atoms with Crippen LogP contribution in [0, 0.1) is 11.3 Å². The number of amides is 1. The van der Waals surface area contributed by atoms with Gasteiger partial charge in [0.05, 0.1) is 17.9 Å². The maximum atomic E-state index is 12.4. The summed E-state index contributed by atoms with van der Waals surface area (Å²) in [5.74, 6) is -0.978. The molecule has 0 atom stereocenters. The highest BCUT2D eigenvalue weighted by Crippen LogP contribution is 2.15. The Bertz CT molecular complexity index is 1060. The van der Waals surface area contributed by atoms with Crippen LogP contribution in [0.25, 0.3) is 11.8 Å². The zero-order valence-electron chi connectivity index (χ0n) is 15.6. The molecule has 0 radical (unpaired) electrons. The molecule has 0 fully saturated rings. The second kappa shape index (κ2) is 9.10. The van der Waals surface area contributed by atoms with E-state index in [9.17, 15) is 14.9 Å². The molecule has 0 aliphatic carbocycles. The molecule has 1 heterocycles. The first-order valence-electron chi connectivity index (χ1n) is 8.76. The summed E-state index contributed by atoms with van der Waals surface area (Å²) in [7, 11) is 0. The summed E-state index contributed by atoms with van der Waals surface area (Å²) in [6.07, 6.45) is 4.50. The Hall–Kier alpha value is -4.25. The minimum atomic E-state index is -0.545. The number of nitrogens with zero attached hydrogens (tertiary/aromatic N) is 4. The lowest BCUT2D eigenvalue weighted by Gasteiger charge is -2.06. The zero-order valence-corrected chi connectivity index (χ0v) is 15.6. The highest BCUT2D eigenvalue weighted by atomic mass is 16.5. The van der Waals surface area contributed by atoms with Crippen LogP contribution in [0.2, 0.25) is 0 Å². The minimum absolute atomic E-state index is 0.0482. The Morgan fingerprint density at radius 2 is 1.90 bits per heavy atom. The van der Waals surface area contributed by atoms with Gasteiger partial charge in [0.2, 0.25) is 0 Å². The van der Waals surface area contributed by atoms with E-state index in [1.165, 1.54) is 12.4 Å². The molecule has 0 unspecified atom stereocenters. The normalized spacial score (nSPS) is 10.8. The SMILES string of the molecule is CCOC(=O)c1ccc(NC(=O)/C(C#N)=C\c2ccc(-n3cncn3)cc2)cc1. The largest absolute Gasteiger partial charge is 0.462 e. The fraction of sp³-hybridized carbons (Fsp3) is 0.0952. The molecule has 2 aromatic carbocycles. The molecule has 0 aliphatic heterocycles. The van der Waals surface area contributed by atoms with E-state index in [2.05, 4.69) is 15.4 Å². The van der Waals surface area contributed by atoms with Crippen LogP contribution in [0.15, 0.2) is 66.8 Å². The minimum Gasteiger partial charge on any atom is -0.462 e. The van der Waals surface area contributed by atoms with Crippen LogP contribution in [0.4, 0.5) is 5.69 Å². The molecule has 8 nitrogen and oxygen atoms in total. The highest BCUT2D eigenvalue weighted by Gasteiger charge is 2.11. The van der Waals surface area contributed by atoms with E-state index in [4.69, 9.17) is 4.74 Å². The molecule has 1 amide bonds. The van der Waals surface area contributed by atoms with E-state index in [-0.39, 0.29) is 12.2 Å². The van der Waals surface area contributed by atoms with Crippen molar-refractivity contribution in [2.75, 3.05) is 11.9 Å². The molecule has 1 N–H and O–H groups in total. The van der Waals surface area contributed by atoms with Gasteiger partial charge in [-0.05, 0) is 55.0 Å². The Labute approximate surface area is 167 Å². The van der Waals surface area contributed by atoms with Gasteiger partial charge in [0.15, 0.2) is 0 Å². The number of carbonyl (C=O) groups is 2. The van der Waals surface area contributed by atoms with Crippen LogP contribution in [-0.4, -0.2) is 33.2 Å². The van der Waals surface area contributed by atoms with Gasteiger partial charge in [0.25, 0.3) is 5.91 Å². The molecular formula is C21H17N5O3. The maximum Gasteiger partial charge on any atom is 0.338 e. The molecule has 0 spiro atoms. The maximum absolute atomic E-state index is 12.4. The van der Waals surface area contributed by atoms with Crippen molar-refractivity contribution < 1.29 is 14.3 Å². The molecule has 3 aromatic rings. The first-order valence-corrected chi connectivity index (χ1v) is 8.76. The van der Waals surface area contributed by atoms with E-state index in [1.54, 1.807) is 54.3 Å². The molecule has 0 aliphatic rings. The summed E-state index contributed by atoms with van der Waals surface area (Å²) < 4.78 is 6.52. The summed E-state index contributed by atoms with van der Waals surface area (Å²) in [4.78, 5) is 28.0. The lowest BCUT2D eigenvalue weighted by Crippen LogP contribution is -2.13. The van der Waals surface area contributed by atoms with Gasteiger partial charge in [0.1, 0.15) is 24.3 Å². The van der Waals surface area contributed by atoms with Crippen LogP contribution < -0.4 is 5.32 Å². The van der Waals surface area contributed by atoms with Crippen molar-refractivity contribution in [3.8, 4) is 11.8 Å². The standard InChI is InChI=1S/C21H17N5O3/c1-2-29-21(28)16-5-7-18(8-6-16)25-20(27)17(12-22)11-15-3-9-19(10-4-15)26-14-23-13-24-26/h3-11,13-14H,2H2,1H3,(H,25,27)/b17-11-. The average Bonchev–Trinajstić information content (AvgIpc) is 3.28. The fourth-order valence-corrected chi connectivity index (χ4v) is 2.48. The quantitative estimate of drug-likeness (QED) is 0.395. The van der Waals surface area contributed by atoms with Gasteiger partial charge in [-0.1, -0.05) is 12.1 Å². The molecule has 3 rings (SSSR count). The number of nitrogens with one attached hydrogen (secondary N) is 1. The van der Waals surface area contributed by atoms with Crippen LogP contribution in [-0.2, 0) is 9.53 Å². The van der Waals surface area contributed by atoms with Gasteiger partial charge in [-0.15, -0.1) is 0 Å². The number of esters is 1. The Morgan fingerprint density at radius 3 is 2.48 bits per heavy atom. The number of anilines is 1. The van der Waals surface area contributed by atoms with Crippen molar-refractivity contribution in [1.29, 1.82) is 5.26 Å². The van der Waals surface area contributed by atoms with Crippen LogP contribution >= 0.6 is 0 Å². The average molecular weight is 387 g/mol. The summed E-state index contributed by atoms with van der Waals surface area (Å²) in [5, 5.41) is 16.0. The molecule has 1 aromatic heterocycles. The molecule has 29 heavy (non-hydrogen) atoms. The van der Waals surface area contributed by atoms with E-state index < -0.39 is 11.9 Å². The third-order valence-corrected chi connectivity index (χ3v) is 3.91. The van der Waals surface area contributed by atoms with Crippen LogP contribution in [0.3, 0.4) is 0 Å². The predicted octanol–water partition coefficient (Wildman–Crippen LogP) is 2.99. The number of ether oxygens (including phenoxy) is 1. The zero-order chi connectivity index (χ0) is 20.6. The Kier molecular flexibility index (Phi) is 6.12. The first-order chi connectivity index (χ1) is 14.1. The second-order valence-corrected chi connectivity index (χ2v) is 5.85. The number of rotatable bonds is 6. The van der Waals surface area contributed by atoms with E-state index in [1.807, 2.05) is 18.2 Å². The second-order valence-electron chi connectivity index (χ2n) is 5.85. The van der Waals surface area contributed by atoms with Gasteiger partial charge < -0.3 is 10.1 Å². The van der Waals surface area contributed by atoms with Crippen molar-refractivity contribution >= 4 is 23.6 Å². The van der Waals surface area contributed by atoms with Gasteiger partial charge in [-0.3, -0.25) is 4.79 Å². The van der Waals surface area contributed by atoms with Gasteiger partial charge >= 0.3 is 5.97 Å². The molecule has 144 valence electrons. The summed E-state index contributed by atoms with van der Waals surface area (Å²) >= 11 is 0. The summed E-state index contributed by atoms with van der Waals surface area (Å²) in [5.41, 5.74) is 2.30. The number of nitriles is 1. The third kappa shape index (κ3) is 4.93. The van der Waals surface area contributed by atoms with Gasteiger partial charge in [-0.25, -0.2) is 14.5 Å². The number of hydrogen-bond acceptors (Lipinski definition) is 6. The van der Waals surface area contributed by atoms with Crippen molar-refractivity contribution in [2.24, 2.45) is 0 Å². The van der Waals surface area contributed by atoms with Crippen molar-refractivity contribution in [2.45, 2.75) is 6.92 Å². The predicted molar refractivity (Wildman–Crippen MR) is 106 cm³/mol. The highest BCUT2D eigenvalue weighted by molar-refractivity contribution is 6.09. The smallest absolute Gasteiger partial charge is 0.338 e. The molecule has 0 bridgehead atoms. The molecule has 0 saturated heterocycles. The van der Waals surface area contributed by atoms with Gasteiger partial charge in [0, 0.05) is 5.69 Å². The van der Waals surface area contributed by atoms with E-state index in [0.717, 1.165) is 5.69 Å². The number of hydrogen-bond donors (Lipinski definition) is 1. The van der Waals surface area contributed by atoms with E-state index >= 15 is 0 Å². The topological polar surface area (TPSA) is 110 Å². The number of benzene rings is 2. The Balaban J connectivity index is 1.70. The first kappa shape index (κ1) is 19.5. The molecule has 0 saturated carbocycles. The van der Waals surface area contributed by atoms with Crippen molar-refractivity contribution in [3.63, 3.8) is 0 Å². The van der Waals surface area contributed by atoms with Crippen LogP contribution in [0.1, 0.15) is 22.8 Å². The number of carbonyl (C=O) groups excluding carboxylic acids is 2. The lowest BCUT2D eigenvalue weighted by molar-refractivity contribution is -0.112. The lowest BCUT2D eigenvalue weighted by atomic mass is 10.1. The van der Waals surface area contributed by atoms with Crippen molar-refractivity contribution in [1.82, 2.24) is 14.8 Å². The van der Waals surface area contributed by atoms with E-state index in [0.29, 0.717) is 16.8 Å². The Morgan fingerprint density at radius 1 is 1.17 bits per heavy atom.